The van der Waals surface area contributed by atoms with Crippen LogP contribution in [0.1, 0.15) is 74.1 Å². The zero-order chi connectivity index (χ0) is 29.9. The molecule has 1 N–H and O–H groups in total. The van der Waals surface area contributed by atoms with Crippen LogP contribution in [-0.2, 0) is 47.5 Å². The highest BCUT2D eigenvalue weighted by Crippen LogP contribution is 2.70. The Balaban J connectivity index is 1.58. The summed E-state index contributed by atoms with van der Waals surface area (Å²) >= 11 is 0. The minimum absolute atomic E-state index is 0.00779. The zero-order valence-electron chi connectivity index (χ0n) is 25.3. The molecule has 2 saturated carbocycles. The first-order chi connectivity index (χ1) is 19.3. The van der Waals surface area contributed by atoms with E-state index in [-0.39, 0.29) is 49.8 Å². The largest absolute Gasteiger partial charge is 0.465 e. The van der Waals surface area contributed by atoms with Crippen molar-refractivity contribution in [3.63, 3.8) is 0 Å². The van der Waals surface area contributed by atoms with Gasteiger partial charge in [-0.05, 0) is 38.0 Å². The molecule has 0 unspecified atom stereocenters. The highest BCUT2D eigenvalue weighted by molar-refractivity contribution is 5.72. The average molecular weight is 583 g/mol. The number of esters is 3. The molecule has 0 radical (unpaired) electrons. The molecule has 5 rings (SSSR count). The molecule has 5 aliphatic rings. The summed E-state index contributed by atoms with van der Waals surface area (Å²) < 4.78 is 42.4. The molecule has 0 bridgehead atoms. The van der Waals surface area contributed by atoms with E-state index in [4.69, 9.17) is 33.2 Å². The third-order valence-electron chi connectivity index (χ3n) is 10.7. The Bertz CT molecular complexity index is 1010. The van der Waals surface area contributed by atoms with Crippen LogP contribution in [0.15, 0.2) is 0 Å². The molecule has 3 saturated heterocycles. The molecular formula is C30H46O11. The van der Waals surface area contributed by atoms with Crippen LogP contribution in [0.2, 0.25) is 0 Å². The maximum absolute atomic E-state index is 12.8. The van der Waals surface area contributed by atoms with Gasteiger partial charge in [-0.2, -0.15) is 0 Å². The van der Waals surface area contributed by atoms with E-state index < -0.39 is 64.9 Å². The van der Waals surface area contributed by atoms with Gasteiger partial charge in [0.25, 0.3) is 0 Å². The van der Waals surface area contributed by atoms with Crippen molar-refractivity contribution in [2.75, 3.05) is 19.8 Å². The topological polar surface area (TPSA) is 139 Å². The molecule has 12 atom stereocenters. The van der Waals surface area contributed by atoms with Gasteiger partial charge in [-0.25, -0.2) is 0 Å². The highest BCUT2D eigenvalue weighted by Gasteiger charge is 2.81. The molecule has 0 aromatic carbocycles. The quantitative estimate of drug-likeness (QED) is 0.257. The second-order valence-corrected chi connectivity index (χ2v) is 13.2. The summed E-state index contributed by atoms with van der Waals surface area (Å²) in [6.07, 6.45) is -1.54. The van der Waals surface area contributed by atoms with Crippen molar-refractivity contribution in [2.45, 2.75) is 117 Å². The first kappa shape index (κ1) is 30.7. The van der Waals surface area contributed by atoms with E-state index >= 15 is 0 Å². The molecule has 11 nitrogen and oxygen atoms in total. The first-order valence-corrected chi connectivity index (χ1v) is 15.1. The number of rotatable bonds is 8. The zero-order valence-corrected chi connectivity index (χ0v) is 25.3. The smallest absolute Gasteiger partial charge is 0.308 e. The molecule has 41 heavy (non-hydrogen) atoms. The van der Waals surface area contributed by atoms with Crippen molar-refractivity contribution in [1.29, 1.82) is 0 Å². The fraction of sp³-hybridized carbons (Fsp3) is 0.900. The van der Waals surface area contributed by atoms with Crippen LogP contribution in [-0.4, -0.2) is 85.4 Å². The lowest BCUT2D eigenvalue weighted by Crippen LogP contribution is -2.74. The third-order valence-corrected chi connectivity index (χ3v) is 10.7. The fourth-order valence-corrected chi connectivity index (χ4v) is 8.47. The number of carbonyl (C=O) groups is 3. The summed E-state index contributed by atoms with van der Waals surface area (Å²) in [5.74, 6) is -2.06. The van der Waals surface area contributed by atoms with Crippen LogP contribution in [0.25, 0.3) is 0 Å². The molecule has 5 fully saturated rings. The van der Waals surface area contributed by atoms with E-state index in [1.807, 2.05) is 6.92 Å². The van der Waals surface area contributed by atoms with Gasteiger partial charge < -0.3 is 38.3 Å². The van der Waals surface area contributed by atoms with Crippen LogP contribution in [0.5, 0.6) is 0 Å². The lowest BCUT2D eigenvalue weighted by molar-refractivity contribution is -0.290. The maximum Gasteiger partial charge on any atom is 0.308 e. The van der Waals surface area contributed by atoms with E-state index in [2.05, 4.69) is 13.8 Å². The number of aliphatic hydroxyl groups is 1. The van der Waals surface area contributed by atoms with Crippen molar-refractivity contribution >= 4 is 17.9 Å². The van der Waals surface area contributed by atoms with Gasteiger partial charge in [-0.3, -0.25) is 14.4 Å². The van der Waals surface area contributed by atoms with E-state index in [0.717, 1.165) is 12.8 Å². The van der Waals surface area contributed by atoms with Gasteiger partial charge in [0.1, 0.15) is 18.3 Å². The normalized spacial score (nSPS) is 46.6. The highest BCUT2D eigenvalue weighted by atomic mass is 16.8. The minimum Gasteiger partial charge on any atom is -0.465 e. The summed E-state index contributed by atoms with van der Waals surface area (Å²) in [5.41, 5.74) is -2.86. The van der Waals surface area contributed by atoms with Crippen LogP contribution in [0, 0.1) is 34.5 Å². The van der Waals surface area contributed by atoms with Gasteiger partial charge in [-0.15, -0.1) is 0 Å². The van der Waals surface area contributed by atoms with E-state index in [0.29, 0.717) is 13.0 Å². The second-order valence-electron chi connectivity index (χ2n) is 13.2. The molecule has 2 aliphatic carbocycles. The SMILES string of the molecule is CCO[C@H]1C[C@@H]2C[C@@H]([C@@]3(C)[C@H](C)C[C@H](OC(C)=O)[C@]4(COC(C)=O)[C@@H]3C[C@H](O)[C@H](OC(=O)C(C)C)[C@]43CO3)O[C@@H]2O1. The van der Waals surface area contributed by atoms with Crippen molar-refractivity contribution in [2.24, 2.45) is 34.5 Å². The number of fused-ring (bicyclic) bond motifs is 3. The number of hydrogen-bond donors (Lipinski definition) is 1. The second kappa shape index (κ2) is 11.0. The van der Waals surface area contributed by atoms with E-state index in [9.17, 15) is 19.5 Å². The van der Waals surface area contributed by atoms with Crippen LogP contribution >= 0.6 is 0 Å². The van der Waals surface area contributed by atoms with Gasteiger partial charge in [0.15, 0.2) is 18.7 Å². The molecule has 232 valence electrons. The summed E-state index contributed by atoms with van der Waals surface area (Å²) in [6, 6.07) is 0. The van der Waals surface area contributed by atoms with Crippen LogP contribution in [0.4, 0.5) is 0 Å². The van der Waals surface area contributed by atoms with Gasteiger partial charge in [0, 0.05) is 38.2 Å². The number of ether oxygens (including phenoxy) is 7. The van der Waals surface area contributed by atoms with E-state index in [1.54, 1.807) is 13.8 Å². The Hall–Kier alpha value is -1.79. The lowest BCUT2D eigenvalue weighted by Gasteiger charge is -2.65. The molecule has 3 heterocycles. The van der Waals surface area contributed by atoms with E-state index in [1.165, 1.54) is 13.8 Å². The third kappa shape index (κ3) is 4.89. The summed E-state index contributed by atoms with van der Waals surface area (Å²) in [4.78, 5) is 37.6. The number of epoxide rings is 1. The van der Waals surface area contributed by atoms with Crippen LogP contribution < -0.4 is 0 Å². The van der Waals surface area contributed by atoms with Gasteiger partial charge in [0.2, 0.25) is 0 Å². The summed E-state index contributed by atoms with van der Waals surface area (Å²) in [5, 5.41) is 11.6. The van der Waals surface area contributed by atoms with Gasteiger partial charge >= 0.3 is 17.9 Å². The maximum atomic E-state index is 12.8. The predicted octanol–water partition coefficient (Wildman–Crippen LogP) is 2.75. The van der Waals surface area contributed by atoms with Gasteiger partial charge in [-0.1, -0.05) is 27.7 Å². The number of hydrogen-bond acceptors (Lipinski definition) is 11. The Morgan fingerprint density at radius 1 is 1.02 bits per heavy atom. The van der Waals surface area contributed by atoms with Crippen LogP contribution in [0.3, 0.4) is 0 Å². The lowest BCUT2D eigenvalue weighted by atomic mass is 9.41. The monoisotopic (exact) mass is 582 g/mol. The predicted molar refractivity (Wildman–Crippen MR) is 142 cm³/mol. The molecule has 1 spiro atoms. The molecule has 0 aromatic rings. The Kier molecular flexibility index (Phi) is 8.26. The molecule has 0 amide bonds. The van der Waals surface area contributed by atoms with Crippen molar-refractivity contribution in [3.8, 4) is 0 Å². The molecular weight excluding hydrogens is 536 g/mol. The van der Waals surface area contributed by atoms with Gasteiger partial charge in [0.05, 0.1) is 30.1 Å². The molecule has 0 aromatic heterocycles. The molecule has 11 heteroatoms. The first-order valence-electron chi connectivity index (χ1n) is 15.1. The summed E-state index contributed by atoms with van der Waals surface area (Å²) in [7, 11) is 0. The summed E-state index contributed by atoms with van der Waals surface area (Å²) in [6.45, 7) is 13.0. The molecule has 3 aliphatic heterocycles. The van der Waals surface area contributed by atoms with Crippen molar-refractivity contribution in [3.05, 3.63) is 0 Å². The van der Waals surface area contributed by atoms with Crippen molar-refractivity contribution in [1.82, 2.24) is 0 Å². The average Bonchev–Trinajstić information content (AvgIpc) is 3.44. The minimum atomic E-state index is -1.21. The Labute approximate surface area is 241 Å². The standard InChI is InChI=1S/C30H46O11/c1-8-35-24-11-19-10-22(39-27(19)40-24)28(7)16(4)9-23(38-18(6)32)29(13-36-17(5)31)21(28)12-20(33)25(30(29)14-37-30)41-26(34)15(2)3/h15-16,19-25,27,33H,8-14H2,1-7H3/t16-,19+,20+,21-,22+,23+,24-,25+,27-,28+,29+,30-/m1/s1. The Morgan fingerprint density at radius 3 is 2.29 bits per heavy atom. The Morgan fingerprint density at radius 2 is 1.73 bits per heavy atom. The number of carbonyl (C=O) groups excluding carboxylic acids is 3. The fourth-order valence-electron chi connectivity index (χ4n) is 8.47. The number of aliphatic hydroxyl groups excluding tert-OH is 1. The van der Waals surface area contributed by atoms with Crippen molar-refractivity contribution < 1.29 is 52.6 Å².